The molecule has 4 nitrogen and oxygen atoms in total. The zero-order valence-electron chi connectivity index (χ0n) is 18.3. The van der Waals surface area contributed by atoms with E-state index in [1.54, 1.807) is 0 Å². The van der Waals surface area contributed by atoms with Gasteiger partial charge < -0.3 is 11.1 Å². The van der Waals surface area contributed by atoms with Crippen molar-refractivity contribution in [2.24, 2.45) is 35.3 Å². The van der Waals surface area contributed by atoms with Crippen LogP contribution in [0.15, 0.2) is 30.3 Å². The Kier molecular flexibility index (Phi) is 9.48. The Balaban J connectivity index is 0.00000160. The maximum atomic E-state index is 13.1. The molecule has 4 unspecified atom stereocenters. The van der Waals surface area contributed by atoms with Gasteiger partial charge in [-0.25, -0.2) is 0 Å². The van der Waals surface area contributed by atoms with Crippen molar-refractivity contribution in [3.8, 4) is 0 Å². The Morgan fingerprint density at radius 2 is 1.60 bits per heavy atom. The minimum atomic E-state index is 0. The van der Waals surface area contributed by atoms with Crippen LogP contribution in [-0.4, -0.2) is 36.0 Å². The number of benzene rings is 1. The molecule has 1 amide bonds. The van der Waals surface area contributed by atoms with Crippen molar-refractivity contribution in [2.75, 3.05) is 13.1 Å². The van der Waals surface area contributed by atoms with Gasteiger partial charge in [0, 0.05) is 37.6 Å². The van der Waals surface area contributed by atoms with Crippen LogP contribution in [0.25, 0.3) is 0 Å². The molecule has 4 rings (SSSR count). The van der Waals surface area contributed by atoms with Gasteiger partial charge in [-0.3, -0.25) is 9.69 Å². The molecule has 2 aliphatic carbocycles. The first-order valence-corrected chi connectivity index (χ1v) is 11.3. The molecule has 1 aromatic carbocycles. The minimum Gasteiger partial charge on any atom is -0.352 e. The Labute approximate surface area is 194 Å². The number of carbonyl (C=O) groups is 1. The molecule has 1 aromatic rings. The molecular weight excluding hydrogens is 417 g/mol. The van der Waals surface area contributed by atoms with Gasteiger partial charge in [-0.15, -0.1) is 24.8 Å². The number of piperidine rings is 1. The molecule has 3 aliphatic rings. The van der Waals surface area contributed by atoms with Crippen LogP contribution in [0.1, 0.15) is 51.5 Å². The zero-order valence-corrected chi connectivity index (χ0v) is 20.0. The first kappa shape index (κ1) is 25.5. The third-order valence-corrected chi connectivity index (χ3v) is 7.66. The van der Waals surface area contributed by atoms with E-state index in [9.17, 15) is 4.79 Å². The lowest BCUT2D eigenvalue weighted by molar-refractivity contribution is -0.130. The van der Waals surface area contributed by atoms with Crippen LogP contribution in [0.3, 0.4) is 0 Å². The third kappa shape index (κ3) is 5.70. The summed E-state index contributed by atoms with van der Waals surface area (Å²) in [5.41, 5.74) is 7.79. The maximum Gasteiger partial charge on any atom is 0.223 e. The Morgan fingerprint density at radius 3 is 2.17 bits per heavy atom. The molecule has 6 heteroatoms. The van der Waals surface area contributed by atoms with Crippen LogP contribution >= 0.6 is 24.8 Å². The summed E-state index contributed by atoms with van der Waals surface area (Å²) in [4.78, 5) is 15.6. The highest BCUT2D eigenvalue weighted by Gasteiger charge is 2.42. The van der Waals surface area contributed by atoms with E-state index in [1.165, 1.54) is 24.8 Å². The molecule has 0 spiro atoms. The third-order valence-electron chi connectivity index (χ3n) is 7.66. The lowest BCUT2D eigenvalue weighted by atomic mass is 9.65. The topological polar surface area (TPSA) is 58.4 Å². The molecule has 1 aliphatic heterocycles. The van der Waals surface area contributed by atoms with E-state index < -0.39 is 0 Å². The predicted octanol–water partition coefficient (Wildman–Crippen LogP) is 4.26. The van der Waals surface area contributed by atoms with Crippen molar-refractivity contribution >= 4 is 30.7 Å². The second kappa shape index (κ2) is 11.2. The van der Waals surface area contributed by atoms with Gasteiger partial charge >= 0.3 is 0 Å². The van der Waals surface area contributed by atoms with Crippen LogP contribution in [0.2, 0.25) is 0 Å². The molecule has 1 heterocycles. The van der Waals surface area contributed by atoms with E-state index >= 15 is 0 Å². The zero-order chi connectivity index (χ0) is 19.7. The number of fused-ring (bicyclic) bond motifs is 2. The van der Waals surface area contributed by atoms with Gasteiger partial charge in [-0.1, -0.05) is 50.6 Å². The largest absolute Gasteiger partial charge is 0.352 e. The summed E-state index contributed by atoms with van der Waals surface area (Å²) in [5.74, 6) is 2.54. The number of nitrogens with one attached hydrogen (secondary N) is 1. The van der Waals surface area contributed by atoms with Crippen molar-refractivity contribution in [3.63, 3.8) is 0 Å². The summed E-state index contributed by atoms with van der Waals surface area (Å²) in [6.45, 7) is 7.68. The van der Waals surface area contributed by atoms with E-state index in [0.29, 0.717) is 35.6 Å². The Morgan fingerprint density at radius 1 is 1.03 bits per heavy atom. The van der Waals surface area contributed by atoms with Crippen molar-refractivity contribution in [2.45, 2.75) is 64.6 Å². The first-order valence-electron chi connectivity index (χ1n) is 11.3. The van der Waals surface area contributed by atoms with Gasteiger partial charge in [0.15, 0.2) is 0 Å². The monoisotopic (exact) mass is 455 g/mol. The fourth-order valence-electron chi connectivity index (χ4n) is 6.22. The van der Waals surface area contributed by atoms with Crippen LogP contribution in [0.4, 0.5) is 0 Å². The van der Waals surface area contributed by atoms with E-state index in [1.807, 2.05) is 0 Å². The summed E-state index contributed by atoms with van der Waals surface area (Å²) in [5, 5.41) is 3.47. The summed E-state index contributed by atoms with van der Waals surface area (Å²) in [7, 11) is 0. The molecular formula is C24H39Cl2N3O. The van der Waals surface area contributed by atoms with E-state index in [2.05, 4.69) is 54.4 Å². The fraction of sp³-hybridized carbons (Fsp3) is 0.708. The van der Waals surface area contributed by atoms with Crippen LogP contribution in [0.5, 0.6) is 0 Å². The number of halogens is 2. The molecule has 3 fully saturated rings. The molecule has 2 saturated carbocycles. The highest BCUT2D eigenvalue weighted by Crippen LogP contribution is 2.42. The minimum absolute atomic E-state index is 0. The number of hydrogen-bond acceptors (Lipinski definition) is 3. The maximum absolute atomic E-state index is 13.1. The van der Waals surface area contributed by atoms with Crippen molar-refractivity contribution in [1.82, 2.24) is 10.2 Å². The van der Waals surface area contributed by atoms with Gasteiger partial charge in [-0.05, 0) is 54.9 Å². The second-order valence-corrected chi connectivity index (χ2v) is 9.87. The van der Waals surface area contributed by atoms with Crippen molar-refractivity contribution in [1.29, 1.82) is 0 Å². The van der Waals surface area contributed by atoms with Crippen LogP contribution in [-0.2, 0) is 11.3 Å². The average molecular weight is 457 g/mol. The van der Waals surface area contributed by atoms with Gasteiger partial charge in [0.1, 0.15) is 0 Å². The molecule has 1 saturated heterocycles. The number of hydrogen-bond donors (Lipinski definition) is 2. The van der Waals surface area contributed by atoms with Crippen LogP contribution < -0.4 is 11.1 Å². The van der Waals surface area contributed by atoms with Gasteiger partial charge in [0.25, 0.3) is 0 Å². The average Bonchev–Trinajstić information content (AvgIpc) is 2.65. The van der Waals surface area contributed by atoms with E-state index in [0.717, 1.165) is 32.5 Å². The molecule has 0 radical (unpaired) electrons. The lowest BCUT2D eigenvalue weighted by Gasteiger charge is -2.45. The number of rotatable bonds is 4. The standard InChI is InChI=1S/C24H37N3O.2ClH/c1-16-13-27(15-18-7-4-3-5-8-18)14-17(2)23(16)26-24(28)21-11-19-9-6-10-20(12-21)22(19)25;;/h3-5,7-8,16-17,19-23H,6,9-15,25H2,1-2H3,(H,26,28);2*1H. The SMILES string of the molecule is CC1CN(Cc2ccccc2)CC(C)C1NC(=O)C1CC2CCCC(C1)C2N.Cl.Cl. The number of amides is 1. The Hall–Kier alpha value is -0.810. The highest BCUT2D eigenvalue weighted by molar-refractivity contribution is 5.85. The predicted molar refractivity (Wildman–Crippen MR) is 128 cm³/mol. The summed E-state index contributed by atoms with van der Waals surface area (Å²) < 4.78 is 0. The molecule has 170 valence electrons. The highest BCUT2D eigenvalue weighted by atomic mass is 35.5. The number of likely N-dealkylation sites (tertiary alicyclic amines) is 1. The molecule has 30 heavy (non-hydrogen) atoms. The van der Waals surface area contributed by atoms with Crippen molar-refractivity contribution in [3.05, 3.63) is 35.9 Å². The van der Waals surface area contributed by atoms with Gasteiger partial charge in [-0.2, -0.15) is 0 Å². The number of nitrogens with zero attached hydrogens (tertiary/aromatic N) is 1. The van der Waals surface area contributed by atoms with Crippen molar-refractivity contribution < 1.29 is 4.79 Å². The summed E-state index contributed by atoms with van der Waals surface area (Å²) >= 11 is 0. The first-order chi connectivity index (χ1) is 13.5. The molecule has 0 aromatic heterocycles. The quantitative estimate of drug-likeness (QED) is 0.712. The Bertz CT molecular complexity index is 648. The van der Waals surface area contributed by atoms with Gasteiger partial charge in [0.2, 0.25) is 5.91 Å². The van der Waals surface area contributed by atoms with Gasteiger partial charge in [0.05, 0.1) is 0 Å². The molecule has 3 N–H and O–H groups in total. The molecule has 2 bridgehead atoms. The number of nitrogens with two attached hydrogens (primary N) is 1. The van der Waals surface area contributed by atoms with E-state index in [-0.39, 0.29) is 36.8 Å². The fourth-order valence-corrected chi connectivity index (χ4v) is 6.22. The lowest BCUT2D eigenvalue weighted by Crippen LogP contribution is -2.56. The number of carbonyl (C=O) groups excluding carboxylic acids is 1. The van der Waals surface area contributed by atoms with Crippen LogP contribution in [0, 0.1) is 29.6 Å². The van der Waals surface area contributed by atoms with E-state index in [4.69, 9.17) is 5.73 Å². The summed E-state index contributed by atoms with van der Waals surface area (Å²) in [6, 6.07) is 11.3. The molecule has 4 atom stereocenters. The second-order valence-electron chi connectivity index (χ2n) is 9.87. The smallest absolute Gasteiger partial charge is 0.223 e. The normalized spacial score (nSPS) is 36.2. The summed E-state index contributed by atoms with van der Waals surface area (Å²) in [6.07, 6.45) is 5.72.